The molecule has 3 rings (SSSR count). The van der Waals surface area contributed by atoms with E-state index >= 15 is 0 Å². The van der Waals surface area contributed by atoms with Gasteiger partial charge in [-0.15, -0.1) is 0 Å². The Bertz CT molecular complexity index is 689. The molecular weight excluding hydrogens is 308 g/mol. The molecule has 2 aromatic rings. The third-order valence-electron chi connectivity index (χ3n) is 4.00. The molecule has 7 heteroatoms. The highest BCUT2D eigenvalue weighted by molar-refractivity contribution is 5.91. The number of nitrogens with one attached hydrogen (secondary N) is 1. The Balaban J connectivity index is 1.56. The maximum absolute atomic E-state index is 12.2. The van der Waals surface area contributed by atoms with Gasteiger partial charge in [-0.25, -0.2) is 4.98 Å². The number of carbonyl (C=O) groups is 2. The van der Waals surface area contributed by atoms with Crippen LogP contribution in [0.25, 0.3) is 0 Å². The molecule has 0 spiro atoms. The second kappa shape index (κ2) is 7.16. The molecule has 3 heterocycles. The van der Waals surface area contributed by atoms with Crippen molar-refractivity contribution < 1.29 is 14.0 Å². The molecule has 126 valence electrons. The number of amides is 2. The molecule has 1 N–H and O–H groups in total. The highest BCUT2D eigenvalue weighted by atomic mass is 16.3. The Morgan fingerprint density at radius 1 is 1.21 bits per heavy atom. The number of nitrogens with zero attached hydrogens (tertiary/aromatic N) is 3. The van der Waals surface area contributed by atoms with Crippen LogP contribution in [-0.2, 0) is 4.79 Å². The monoisotopic (exact) mass is 328 g/mol. The SMILES string of the molecule is CCC(=O)Nc1ccc(N2CCN(C(=O)c3ccco3)CC2)cn1. The lowest BCUT2D eigenvalue weighted by atomic mass is 10.2. The van der Waals surface area contributed by atoms with Crippen molar-refractivity contribution in [2.24, 2.45) is 0 Å². The Labute approximate surface area is 140 Å². The molecule has 2 aromatic heterocycles. The van der Waals surface area contributed by atoms with Gasteiger partial charge in [0.05, 0.1) is 18.1 Å². The van der Waals surface area contributed by atoms with E-state index in [0.29, 0.717) is 31.1 Å². The fourth-order valence-corrected chi connectivity index (χ4v) is 2.60. The number of hydrogen-bond donors (Lipinski definition) is 1. The van der Waals surface area contributed by atoms with Crippen molar-refractivity contribution in [3.8, 4) is 0 Å². The molecule has 1 aliphatic rings. The van der Waals surface area contributed by atoms with Crippen LogP contribution in [0.2, 0.25) is 0 Å². The Morgan fingerprint density at radius 2 is 2.00 bits per heavy atom. The fraction of sp³-hybridized carbons (Fsp3) is 0.353. The molecular formula is C17H20N4O3. The standard InChI is InChI=1S/C17H20N4O3/c1-2-16(22)19-15-6-5-13(12-18-15)20-7-9-21(10-8-20)17(23)14-4-3-11-24-14/h3-6,11-12H,2,7-10H2,1H3,(H,18,19,22). The molecule has 0 unspecified atom stereocenters. The van der Waals surface area contributed by atoms with E-state index in [9.17, 15) is 9.59 Å². The van der Waals surface area contributed by atoms with Gasteiger partial charge in [0.25, 0.3) is 5.91 Å². The first kappa shape index (κ1) is 16.0. The van der Waals surface area contributed by atoms with Crippen molar-refractivity contribution in [2.75, 3.05) is 36.4 Å². The van der Waals surface area contributed by atoms with Crippen LogP contribution < -0.4 is 10.2 Å². The summed E-state index contributed by atoms with van der Waals surface area (Å²) in [6, 6.07) is 7.13. The van der Waals surface area contributed by atoms with Gasteiger partial charge < -0.3 is 19.5 Å². The number of piperazine rings is 1. The summed E-state index contributed by atoms with van der Waals surface area (Å²) in [5.41, 5.74) is 0.981. The largest absolute Gasteiger partial charge is 0.459 e. The molecule has 0 atom stereocenters. The average Bonchev–Trinajstić information content (AvgIpc) is 3.16. The molecule has 0 aliphatic carbocycles. The summed E-state index contributed by atoms with van der Waals surface area (Å²) >= 11 is 0. The predicted molar refractivity (Wildman–Crippen MR) is 90.0 cm³/mol. The quantitative estimate of drug-likeness (QED) is 0.928. The number of rotatable bonds is 4. The smallest absolute Gasteiger partial charge is 0.289 e. The van der Waals surface area contributed by atoms with Gasteiger partial charge in [-0.1, -0.05) is 6.92 Å². The molecule has 7 nitrogen and oxygen atoms in total. The minimum absolute atomic E-state index is 0.0553. The first-order valence-corrected chi connectivity index (χ1v) is 8.01. The minimum atomic E-state index is -0.0737. The van der Waals surface area contributed by atoms with E-state index in [4.69, 9.17) is 4.42 Å². The molecule has 0 aromatic carbocycles. The average molecular weight is 328 g/mol. The van der Waals surface area contributed by atoms with Crippen molar-refractivity contribution in [1.82, 2.24) is 9.88 Å². The normalized spacial score (nSPS) is 14.5. The van der Waals surface area contributed by atoms with Gasteiger partial charge in [0.15, 0.2) is 5.76 Å². The Morgan fingerprint density at radius 3 is 2.58 bits per heavy atom. The molecule has 1 aliphatic heterocycles. The molecule has 0 saturated carbocycles. The van der Waals surface area contributed by atoms with Gasteiger partial charge in [-0.05, 0) is 24.3 Å². The van der Waals surface area contributed by atoms with Crippen LogP contribution in [0.3, 0.4) is 0 Å². The molecule has 0 bridgehead atoms. The second-order valence-electron chi connectivity index (χ2n) is 5.56. The van der Waals surface area contributed by atoms with Crippen LogP contribution in [0.4, 0.5) is 11.5 Å². The first-order valence-electron chi connectivity index (χ1n) is 8.01. The number of anilines is 2. The maximum Gasteiger partial charge on any atom is 0.289 e. The highest BCUT2D eigenvalue weighted by Gasteiger charge is 2.23. The van der Waals surface area contributed by atoms with Crippen molar-refractivity contribution in [3.05, 3.63) is 42.5 Å². The summed E-state index contributed by atoms with van der Waals surface area (Å²) in [5.74, 6) is 0.800. The van der Waals surface area contributed by atoms with Crippen LogP contribution in [0, 0.1) is 0 Å². The number of aromatic nitrogens is 1. The van der Waals surface area contributed by atoms with E-state index in [1.165, 1.54) is 6.26 Å². The maximum atomic E-state index is 12.2. The third-order valence-corrected chi connectivity index (χ3v) is 4.00. The lowest BCUT2D eigenvalue weighted by molar-refractivity contribution is -0.115. The van der Waals surface area contributed by atoms with Gasteiger partial charge in [0, 0.05) is 32.6 Å². The van der Waals surface area contributed by atoms with Gasteiger partial charge in [0.1, 0.15) is 5.82 Å². The van der Waals surface area contributed by atoms with Crippen LogP contribution in [0.15, 0.2) is 41.1 Å². The van der Waals surface area contributed by atoms with E-state index in [1.54, 1.807) is 36.2 Å². The van der Waals surface area contributed by atoms with Gasteiger partial charge in [-0.2, -0.15) is 0 Å². The van der Waals surface area contributed by atoms with E-state index in [1.807, 2.05) is 6.07 Å². The molecule has 24 heavy (non-hydrogen) atoms. The summed E-state index contributed by atoms with van der Waals surface area (Å²) in [6.45, 7) is 4.53. The molecule has 0 radical (unpaired) electrons. The summed E-state index contributed by atoms with van der Waals surface area (Å²) in [7, 11) is 0. The first-order chi connectivity index (χ1) is 11.7. The van der Waals surface area contributed by atoms with E-state index in [0.717, 1.165) is 18.8 Å². The van der Waals surface area contributed by atoms with Crippen molar-refractivity contribution in [2.45, 2.75) is 13.3 Å². The van der Waals surface area contributed by atoms with E-state index in [-0.39, 0.29) is 11.8 Å². The number of furan rings is 1. The molecule has 2 amide bonds. The summed E-state index contributed by atoms with van der Waals surface area (Å²) in [6.07, 6.45) is 3.68. The Hall–Kier alpha value is -2.83. The zero-order valence-electron chi connectivity index (χ0n) is 13.6. The van der Waals surface area contributed by atoms with Gasteiger partial charge in [-0.3, -0.25) is 9.59 Å². The van der Waals surface area contributed by atoms with Gasteiger partial charge >= 0.3 is 0 Å². The Kier molecular flexibility index (Phi) is 4.79. The van der Waals surface area contributed by atoms with E-state index < -0.39 is 0 Å². The topological polar surface area (TPSA) is 78.7 Å². The van der Waals surface area contributed by atoms with Crippen LogP contribution in [0.5, 0.6) is 0 Å². The number of carbonyl (C=O) groups excluding carboxylic acids is 2. The second-order valence-corrected chi connectivity index (χ2v) is 5.56. The predicted octanol–water partition coefficient (Wildman–Crippen LogP) is 1.99. The fourth-order valence-electron chi connectivity index (χ4n) is 2.60. The van der Waals surface area contributed by atoms with Gasteiger partial charge in [0.2, 0.25) is 5.91 Å². The zero-order chi connectivity index (χ0) is 16.9. The number of hydrogen-bond acceptors (Lipinski definition) is 5. The summed E-state index contributed by atoms with van der Waals surface area (Å²) in [4.78, 5) is 31.8. The minimum Gasteiger partial charge on any atom is -0.459 e. The lowest BCUT2D eigenvalue weighted by Crippen LogP contribution is -2.48. The summed E-state index contributed by atoms with van der Waals surface area (Å²) < 4.78 is 5.16. The summed E-state index contributed by atoms with van der Waals surface area (Å²) in [5, 5.41) is 2.73. The van der Waals surface area contributed by atoms with Crippen LogP contribution in [0.1, 0.15) is 23.9 Å². The van der Waals surface area contributed by atoms with Crippen LogP contribution >= 0.6 is 0 Å². The highest BCUT2D eigenvalue weighted by Crippen LogP contribution is 2.18. The van der Waals surface area contributed by atoms with E-state index in [2.05, 4.69) is 15.2 Å². The third kappa shape index (κ3) is 3.56. The zero-order valence-corrected chi connectivity index (χ0v) is 13.6. The lowest BCUT2D eigenvalue weighted by Gasteiger charge is -2.35. The van der Waals surface area contributed by atoms with Crippen LogP contribution in [-0.4, -0.2) is 47.9 Å². The van der Waals surface area contributed by atoms with Crippen molar-refractivity contribution in [3.63, 3.8) is 0 Å². The number of pyridine rings is 1. The van der Waals surface area contributed by atoms with Crippen molar-refractivity contribution >= 4 is 23.3 Å². The molecule has 1 saturated heterocycles. The molecule has 1 fully saturated rings. The van der Waals surface area contributed by atoms with Crippen molar-refractivity contribution in [1.29, 1.82) is 0 Å².